The van der Waals surface area contributed by atoms with Crippen LogP contribution in [0.5, 0.6) is 5.75 Å². The summed E-state index contributed by atoms with van der Waals surface area (Å²) in [6.45, 7) is 3.36. The van der Waals surface area contributed by atoms with Gasteiger partial charge in [0.2, 0.25) is 0 Å². The standard InChI is InChI=1S/C16H19NO/c1-13-4-2-3-5-16(13)18-11-10-14-6-8-15(12-17)9-7-14/h2-9H,10-12,17H2,1H3. The molecule has 0 atom stereocenters. The molecule has 2 aromatic carbocycles. The zero-order valence-electron chi connectivity index (χ0n) is 10.7. The van der Waals surface area contributed by atoms with Gasteiger partial charge in [-0.3, -0.25) is 0 Å². The summed E-state index contributed by atoms with van der Waals surface area (Å²) in [6, 6.07) is 16.5. The topological polar surface area (TPSA) is 35.2 Å². The first kappa shape index (κ1) is 12.7. The Kier molecular flexibility index (Phi) is 4.37. The highest BCUT2D eigenvalue weighted by Gasteiger charge is 1.98. The second-order valence-electron chi connectivity index (χ2n) is 4.38. The lowest BCUT2D eigenvalue weighted by Crippen LogP contribution is -2.03. The normalized spacial score (nSPS) is 10.3. The molecule has 0 heterocycles. The van der Waals surface area contributed by atoms with E-state index >= 15 is 0 Å². The van der Waals surface area contributed by atoms with Crippen LogP contribution in [0.1, 0.15) is 16.7 Å². The molecule has 0 aliphatic carbocycles. The molecular formula is C16H19NO. The van der Waals surface area contributed by atoms with Crippen LogP contribution in [0.3, 0.4) is 0 Å². The summed E-state index contributed by atoms with van der Waals surface area (Å²) in [7, 11) is 0. The minimum absolute atomic E-state index is 0.597. The van der Waals surface area contributed by atoms with Gasteiger partial charge in [-0.05, 0) is 29.7 Å². The summed E-state index contributed by atoms with van der Waals surface area (Å²) in [5.74, 6) is 0.969. The van der Waals surface area contributed by atoms with Crippen molar-refractivity contribution in [3.05, 3.63) is 65.2 Å². The van der Waals surface area contributed by atoms with Gasteiger partial charge < -0.3 is 10.5 Å². The van der Waals surface area contributed by atoms with E-state index in [1.807, 2.05) is 18.2 Å². The molecule has 2 N–H and O–H groups in total. The van der Waals surface area contributed by atoms with E-state index in [0.717, 1.165) is 12.2 Å². The number of hydrogen-bond donors (Lipinski definition) is 1. The molecule has 2 heteroatoms. The molecule has 0 amide bonds. The van der Waals surface area contributed by atoms with E-state index in [-0.39, 0.29) is 0 Å². The molecule has 2 aromatic rings. The van der Waals surface area contributed by atoms with Crippen molar-refractivity contribution in [2.24, 2.45) is 5.73 Å². The molecule has 0 saturated heterocycles. The van der Waals surface area contributed by atoms with Gasteiger partial charge in [0.1, 0.15) is 5.75 Å². The van der Waals surface area contributed by atoms with E-state index in [1.165, 1.54) is 16.7 Å². The Balaban J connectivity index is 1.86. The summed E-state index contributed by atoms with van der Waals surface area (Å²) in [6.07, 6.45) is 0.916. The van der Waals surface area contributed by atoms with Gasteiger partial charge in [-0.1, -0.05) is 42.5 Å². The molecule has 0 saturated carbocycles. The lowest BCUT2D eigenvalue weighted by molar-refractivity contribution is 0.320. The van der Waals surface area contributed by atoms with E-state index in [1.54, 1.807) is 0 Å². The van der Waals surface area contributed by atoms with Crippen molar-refractivity contribution in [3.8, 4) is 5.75 Å². The Morgan fingerprint density at radius 1 is 0.944 bits per heavy atom. The first-order valence-corrected chi connectivity index (χ1v) is 6.26. The zero-order chi connectivity index (χ0) is 12.8. The average molecular weight is 241 g/mol. The molecule has 0 spiro atoms. The van der Waals surface area contributed by atoms with Crippen molar-refractivity contribution in [1.29, 1.82) is 0 Å². The van der Waals surface area contributed by atoms with Crippen LogP contribution in [0, 0.1) is 6.92 Å². The minimum Gasteiger partial charge on any atom is -0.493 e. The average Bonchev–Trinajstić information content (AvgIpc) is 2.42. The van der Waals surface area contributed by atoms with Gasteiger partial charge >= 0.3 is 0 Å². The largest absolute Gasteiger partial charge is 0.493 e. The van der Waals surface area contributed by atoms with Crippen LogP contribution < -0.4 is 10.5 Å². The van der Waals surface area contributed by atoms with Gasteiger partial charge in [-0.15, -0.1) is 0 Å². The number of para-hydroxylation sites is 1. The Bertz CT molecular complexity index is 491. The maximum absolute atomic E-state index is 5.77. The zero-order valence-corrected chi connectivity index (χ0v) is 10.7. The molecule has 0 aromatic heterocycles. The van der Waals surface area contributed by atoms with E-state index in [2.05, 4.69) is 37.3 Å². The third-order valence-corrected chi connectivity index (χ3v) is 3.00. The number of benzene rings is 2. The van der Waals surface area contributed by atoms with Crippen LogP contribution >= 0.6 is 0 Å². The highest BCUT2D eigenvalue weighted by Crippen LogP contribution is 2.16. The number of hydrogen-bond acceptors (Lipinski definition) is 2. The molecule has 0 aliphatic heterocycles. The number of ether oxygens (including phenoxy) is 1. The van der Waals surface area contributed by atoms with Crippen molar-refractivity contribution in [2.75, 3.05) is 6.61 Å². The number of aryl methyl sites for hydroxylation is 1. The Hall–Kier alpha value is -1.80. The Labute approximate surface area is 108 Å². The number of nitrogens with two attached hydrogens (primary N) is 1. The van der Waals surface area contributed by atoms with Crippen molar-refractivity contribution in [1.82, 2.24) is 0 Å². The van der Waals surface area contributed by atoms with Crippen LogP contribution in [0.2, 0.25) is 0 Å². The van der Waals surface area contributed by atoms with Crippen molar-refractivity contribution >= 4 is 0 Å². The van der Waals surface area contributed by atoms with Crippen LogP contribution in [-0.2, 0) is 13.0 Å². The van der Waals surface area contributed by atoms with Crippen molar-refractivity contribution in [2.45, 2.75) is 19.9 Å². The smallest absolute Gasteiger partial charge is 0.122 e. The fourth-order valence-electron chi connectivity index (χ4n) is 1.84. The lowest BCUT2D eigenvalue weighted by atomic mass is 10.1. The van der Waals surface area contributed by atoms with Crippen LogP contribution in [0.15, 0.2) is 48.5 Å². The summed E-state index contributed by atoms with van der Waals surface area (Å²) < 4.78 is 5.77. The first-order valence-electron chi connectivity index (χ1n) is 6.26. The quantitative estimate of drug-likeness (QED) is 0.873. The summed E-state index contributed by atoms with van der Waals surface area (Å²) in [4.78, 5) is 0. The SMILES string of the molecule is Cc1ccccc1OCCc1ccc(CN)cc1. The second kappa shape index (κ2) is 6.22. The fraction of sp³-hybridized carbons (Fsp3) is 0.250. The Morgan fingerprint density at radius 3 is 2.28 bits per heavy atom. The van der Waals surface area contributed by atoms with E-state index < -0.39 is 0 Å². The minimum atomic E-state index is 0.597. The van der Waals surface area contributed by atoms with Gasteiger partial charge in [-0.25, -0.2) is 0 Å². The maximum atomic E-state index is 5.77. The molecule has 94 valence electrons. The molecule has 0 bridgehead atoms. The predicted molar refractivity (Wildman–Crippen MR) is 74.7 cm³/mol. The third-order valence-electron chi connectivity index (χ3n) is 3.00. The molecular weight excluding hydrogens is 222 g/mol. The first-order chi connectivity index (χ1) is 8.79. The highest BCUT2D eigenvalue weighted by molar-refractivity contribution is 5.31. The van der Waals surface area contributed by atoms with Crippen molar-refractivity contribution in [3.63, 3.8) is 0 Å². The monoisotopic (exact) mass is 241 g/mol. The molecule has 18 heavy (non-hydrogen) atoms. The molecule has 0 radical (unpaired) electrons. The van der Waals surface area contributed by atoms with Gasteiger partial charge in [-0.2, -0.15) is 0 Å². The molecule has 2 rings (SSSR count). The fourth-order valence-corrected chi connectivity index (χ4v) is 1.84. The maximum Gasteiger partial charge on any atom is 0.122 e. The van der Waals surface area contributed by atoms with Crippen LogP contribution in [0.4, 0.5) is 0 Å². The van der Waals surface area contributed by atoms with Crippen LogP contribution in [-0.4, -0.2) is 6.61 Å². The Morgan fingerprint density at radius 2 is 1.61 bits per heavy atom. The highest BCUT2D eigenvalue weighted by atomic mass is 16.5. The molecule has 0 unspecified atom stereocenters. The lowest BCUT2D eigenvalue weighted by Gasteiger charge is -2.09. The molecule has 0 aliphatic rings. The van der Waals surface area contributed by atoms with E-state index in [0.29, 0.717) is 13.2 Å². The third kappa shape index (κ3) is 3.34. The summed E-state index contributed by atoms with van der Waals surface area (Å²) in [5, 5.41) is 0. The van der Waals surface area contributed by atoms with Gasteiger partial charge in [0.15, 0.2) is 0 Å². The summed E-state index contributed by atoms with van der Waals surface area (Å²) in [5.41, 5.74) is 9.19. The van der Waals surface area contributed by atoms with E-state index in [9.17, 15) is 0 Å². The number of rotatable bonds is 5. The summed E-state index contributed by atoms with van der Waals surface area (Å²) >= 11 is 0. The molecule has 2 nitrogen and oxygen atoms in total. The second-order valence-corrected chi connectivity index (χ2v) is 4.38. The van der Waals surface area contributed by atoms with E-state index in [4.69, 9.17) is 10.5 Å². The van der Waals surface area contributed by atoms with Gasteiger partial charge in [0, 0.05) is 13.0 Å². The van der Waals surface area contributed by atoms with Gasteiger partial charge in [0.25, 0.3) is 0 Å². The predicted octanol–water partition coefficient (Wildman–Crippen LogP) is 3.08. The van der Waals surface area contributed by atoms with Crippen molar-refractivity contribution < 1.29 is 4.74 Å². The van der Waals surface area contributed by atoms with Crippen LogP contribution in [0.25, 0.3) is 0 Å². The van der Waals surface area contributed by atoms with Gasteiger partial charge in [0.05, 0.1) is 6.61 Å². The molecule has 0 fully saturated rings.